The average Bonchev–Trinajstić information content (AvgIpc) is 2.85. The van der Waals surface area contributed by atoms with Crippen LogP contribution in [0, 0.1) is 6.92 Å². The summed E-state index contributed by atoms with van der Waals surface area (Å²) >= 11 is 0. The Morgan fingerprint density at radius 1 is 1.42 bits per heavy atom. The molecule has 1 atom stereocenters. The highest BCUT2D eigenvalue weighted by Crippen LogP contribution is 2.18. The van der Waals surface area contributed by atoms with E-state index in [1.54, 1.807) is 6.20 Å². The number of aryl methyl sites for hydroxylation is 2. The Balaban J connectivity index is 1.63. The molecule has 1 N–H and O–H groups in total. The summed E-state index contributed by atoms with van der Waals surface area (Å²) in [6.45, 7) is 5.02. The summed E-state index contributed by atoms with van der Waals surface area (Å²) in [5.74, 6) is 1.74. The summed E-state index contributed by atoms with van der Waals surface area (Å²) in [5, 5.41) is 10.9. The van der Waals surface area contributed by atoms with E-state index >= 15 is 0 Å². The van der Waals surface area contributed by atoms with Crippen LogP contribution in [0.5, 0.6) is 5.75 Å². The molecule has 1 aliphatic heterocycles. The number of ether oxygens (including phenoxy) is 2. The fourth-order valence-electron chi connectivity index (χ4n) is 2.89. The van der Waals surface area contributed by atoms with Crippen molar-refractivity contribution in [2.24, 2.45) is 7.05 Å². The summed E-state index contributed by atoms with van der Waals surface area (Å²) < 4.78 is 13.4. The lowest BCUT2D eigenvalue weighted by atomic mass is 10.1. The van der Waals surface area contributed by atoms with Gasteiger partial charge in [-0.1, -0.05) is 12.1 Å². The topological polar surface area (TPSA) is 59.8 Å². The van der Waals surface area contributed by atoms with Crippen LogP contribution < -0.4 is 4.74 Å². The summed E-state index contributed by atoms with van der Waals surface area (Å²) in [6.07, 6.45) is 3.72. The third-order valence-electron chi connectivity index (χ3n) is 4.22. The van der Waals surface area contributed by atoms with Crippen LogP contribution in [0.2, 0.25) is 0 Å². The Kier molecular flexibility index (Phi) is 5.18. The van der Waals surface area contributed by atoms with E-state index in [1.807, 2.05) is 49.0 Å². The monoisotopic (exact) mass is 331 g/mol. The van der Waals surface area contributed by atoms with E-state index in [4.69, 9.17) is 9.47 Å². The van der Waals surface area contributed by atoms with E-state index < -0.39 is 5.60 Å². The van der Waals surface area contributed by atoms with Crippen LogP contribution in [-0.4, -0.2) is 58.1 Å². The Morgan fingerprint density at radius 2 is 2.29 bits per heavy atom. The molecule has 6 heteroatoms. The van der Waals surface area contributed by atoms with Gasteiger partial charge in [0.2, 0.25) is 0 Å². The molecule has 2 heterocycles. The minimum Gasteiger partial charge on any atom is -0.490 e. The van der Waals surface area contributed by atoms with Gasteiger partial charge in [0, 0.05) is 32.5 Å². The van der Waals surface area contributed by atoms with E-state index in [2.05, 4.69) is 9.88 Å². The Bertz CT molecular complexity index is 673. The lowest BCUT2D eigenvalue weighted by molar-refractivity contribution is -0.0648. The normalized spacial score (nSPS) is 22.3. The molecule has 0 spiro atoms. The summed E-state index contributed by atoms with van der Waals surface area (Å²) in [5.41, 5.74) is 0.0961. The van der Waals surface area contributed by atoms with Crippen LogP contribution in [0.4, 0.5) is 0 Å². The van der Waals surface area contributed by atoms with Gasteiger partial charge in [0.05, 0.1) is 19.8 Å². The number of β-amino-alcohol motifs (C(OH)–C–C–N with tert-alkyl or cyclic N) is 1. The number of rotatable bonds is 5. The summed E-state index contributed by atoms with van der Waals surface area (Å²) in [7, 11) is 1.98. The highest BCUT2D eigenvalue weighted by molar-refractivity contribution is 5.27. The first-order chi connectivity index (χ1) is 11.5. The number of imidazole rings is 1. The molecule has 6 nitrogen and oxygen atoms in total. The van der Waals surface area contributed by atoms with Gasteiger partial charge in [0.1, 0.15) is 23.8 Å². The van der Waals surface area contributed by atoms with Gasteiger partial charge in [-0.15, -0.1) is 0 Å². The van der Waals surface area contributed by atoms with Gasteiger partial charge in [0.15, 0.2) is 0 Å². The largest absolute Gasteiger partial charge is 0.490 e. The second-order valence-corrected chi connectivity index (χ2v) is 6.55. The molecule has 3 rings (SSSR count). The van der Waals surface area contributed by atoms with E-state index in [1.165, 1.54) is 0 Å². The molecule has 24 heavy (non-hydrogen) atoms. The van der Waals surface area contributed by atoms with Crippen molar-refractivity contribution in [3.63, 3.8) is 0 Å². The second-order valence-electron chi connectivity index (χ2n) is 6.55. The molecule has 1 aliphatic rings. The molecule has 130 valence electrons. The highest BCUT2D eigenvalue weighted by Gasteiger charge is 2.34. The third kappa shape index (κ3) is 4.35. The Labute approximate surface area is 142 Å². The van der Waals surface area contributed by atoms with Gasteiger partial charge in [-0.25, -0.2) is 4.98 Å². The first-order valence-electron chi connectivity index (χ1n) is 8.22. The fraction of sp³-hybridized carbons (Fsp3) is 0.500. The number of hydrogen-bond acceptors (Lipinski definition) is 5. The average molecular weight is 331 g/mol. The Hall–Kier alpha value is -1.89. The van der Waals surface area contributed by atoms with Crippen molar-refractivity contribution in [1.29, 1.82) is 0 Å². The number of benzene rings is 1. The van der Waals surface area contributed by atoms with Crippen molar-refractivity contribution in [1.82, 2.24) is 14.5 Å². The molecular weight excluding hydrogens is 306 g/mol. The van der Waals surface area contributed by atoms with Gasteiger partial charge in [-0.2, -0.15) is 0 Å². The number of nitrogens with zero attached hydrogens (tertiary/aromatic N) is 3. The van der Waals surface area contributed by atoms with Gasteiger partial charge >= 0.3 is 0 Å². The van der Waals surface area contributed by atoms with Gasteiger partial charge in [0.25, 0.3) is 0 Å². The fourth-order valence-corrected chi connectivity index (χ4v) is 2.89. The maximum Gasteiger partial charge on any atom is 0.134 e. The van der Waals surface area contributed by atoms with E-state index in [0.29, 0.717) is 19.7 Å². The lowest BCUT2D eigenvalue weighted by Crippen LogP contribution is -2.48. The first kappa shape index (κ1) is 17.0. The zero-order chi connectivity index (χ0) is 17.0. The van der Waals surface area contributed by atoms with Gasteiger partial charge < -0.3 is 19.1 Å². The molecule has 0 bridgehead atoms. The molecule has 0 aliphatic carbocycles. The summed E-state index contributed by atoms with van der Waals surface area (Å²) in [6, 6.07) is 7.84. The van der Waals surface area contributed by atoms with E-state index in [9.17, 15) is 5.11 Å². The standard InChI is InChI=1S/C18H25N3O3/c1-15-4-3-5-16(10-15)24-14-18(22)12-21(8-9-23-13-18)11-17-19-6-7-20(17)2/h3-7,10,22H,8-9,11-14H2,1-2H3. The number of aliphatic hydroxyl groups is 1. The smallest absolute Gasteiger partial charge is 0.134 e. The molecular formula is C18H25N3O3. The minimum absolute atomic E-state index is 0.202. The van der Waals surface area contributed by atoms with Crippen LogP contribution in [0.15, 0.2) is 36.7 Å². The van der Waals surface area contributed by atoms with Crippen molar-refractivity contribution >= 4 is 0 Å². The van der Waals surface area contributed by atoms with E-state index in [-0.39, 0.29) is 13.2 Å². The minimum atomic E-state index is -1.04. The molecule has 2 aromatic rings. The second kappa shape index (κ2) is 7.34. The third-order valence-corrected chi connectivity index (χ3v) is 4.22. The zero-order valence-electron chi connectivity index (χ0n) is 14.3. The van der Waals surface area contributed by atoms with Crippen LogP contribution in [0.3, 0.4) is 0 Å². The molecule has 1 aromatic heterocycles. The van der Waals surface area contributed by atoms with Crippen LogP contribution in [0.25, 0.3) is 0 Å². The van der Waals surface area contributed by atoms with Crippen molar-refractivity contribution in [2.45, 2.75) is 19.1 Å². The van der Waals surface area contributed by atoms with Crippen LogP contribution >= 0.6 is 0 Å². The lowest BCUT2D eigenvalue weighted by Gasteiger charge is -2.30. The Morgan fingerprint density at radius 3 is 3.04 bits per heavy atom. The van der Waals surface area contributed by atoms with Gasteiger partial charge in [-0.05, 0) is 24.6 Å². The maximum atomic E-state index is 10.9. The van der Waals surface area contributed by atoms with E-state index in [0.717, 1.165) is 23.7 Å². The highest BCUT2D eigenvalue weighted by atomic mass is 16.5. The molecule has 1 unspecified atom stereocenters. The van der Waals surface area contributed by atoms with Crippen LogP contribution in [-0.2, 0) is 18.3 Å². The number of aromatic nitrogens is 2. The number of hydrogen-bond donors (Lipinski definition) is 1. The molecule has 1 saturated heterocycles. The first-order valence-corrected chi connectivity index (χ1v) is 8.22. The van der Waals surface area contributed by atoms with Crippen molar-refractivity contribution < 1.29 is 14.6 Å². The SMILES string of the molecule is Cc1cccc(OCC2(O)COCCN(Cc3nccn3C)C2)c1. The molecule has 0 radical (unpaired) electrons. The van der Waals surface area contributed by atoms with Crippen LogP contribution in [0.1, 0.15) is 11.4 Å². The molecule has 0 saturated carbocycles. The van der Waals surface area contributed by atoms with Crippen molar-refractivity contribution in [3.8, 4) is 5.75 Å². The molecule has 1 aromatic carbocycles. The van der Waals surface area contributed by atoms with Crippen molar-refractivity contribution in [2.75, 3.05) is 32.9 Å². The zero-order valence-corrected chi connectivity index (χ0v) is 14.3. The predicted octanol–water partition coefficient (Wildman–Crippen LogP) is 1.37. The quantitative estimate of drug-likeness (QED) is 0.897. The van der Waals surface area contributed by atoms with Gasteiger partial charge in [-0.3, -0.25) is 4.90 Å². The predicted molar refractivity (Wildman–Crippen MR) is 90.9 cm³/mol. The van der Waals surface area contributed by atoms with Crippen molar-refractivity contribution in [3.05, 3.63) is 48.0 Å². The summed E-state index contributed by atoms with van der Waals surface area (Å²) in [4.78, 5) is 6.52. The maximum absolute atomic E-state index is 10.9. The molecule has 1 fully saturated rings. The molecule has 0 amide bonds.